The first-order chi connectivity index (χ1) is 8.84. The number of nitrogens with zero attached hydrogens (tertiary/aromatic N) is 1. The second-order valence-corrected chi connectivity index (χ2v) is 4.88. The predicted octanol–water partition coefficient (Wildman–Crippen LogP) is 1.49. The minimum atomic E-state index is -0.424. The molecule has 1 unspecified atom stereocenters. The van der Waals surface area contributed by atoms with Crippen molar-refractivity contribution in [3.8, 4) is 0 Å². The summed E-state index contributed by atoms with van der Waals surface area (Å²) in [5, 5.41) is 13.0. The first-order valence-electron chi connectivity index (χ1n) is 6.74. The SMILES string of the molecule is OC(CNCc1ccncc1)COC1CCCC1. The van der Waals surface area contributed by atoms with Crippen molar-refractivity contribution in [1.82, 2.24) is 10.3 Å². The third-order valence-corrected chi connectivity index (χ3v) is 3.28. The number of rotatable bonds is 7. The van der Waals surface area contributed by atoms with E-state index in [4.69, 9.17) is 4.74 Å². The van der Waals surface area contributed by atoms with Crippen molar-refractivity contribution in [2.45, 2.75) is 44.4 Å². The molecular formula is C14H22N2O2. The molecule has 1 atom stereocenters. The first-order valence-corrected chi connectivity index (χ1v) is 6.74. The van der Waals surface area contributed by atoms with Gasteiger partial charge in [0, 0.05) is 25.5 Å². The molecular weight excluding hydrogens is 228 g/mol. The van der Waals surface area contributed by atoms with E-state index in [-0.39, 0.29) is 0 Å². The van der Waals surface area contributed by atoms with E-state index in [9.17, 15) is 5.11 Å². The topological polar surface area (TPSA) is 54.4 Å². The molecule has 0 aromatic carbocycles. The van der Waals surface area contributed by atoms with Gasteiger partial charge in [0.1, 0.15) is 0 Å². The first kappa shape index (κ1) is 13.5. The predicted molar refractivity (Wildman–Crippen MR) is 70.2 cm³/mol. The van der Waals surface area contributed by atoms with E-state index in [1.807, 2.05) is 12.1 Å². The maximum absolute atomic E-state index is 9.79. The van der Waals surface area contributed by atoms with E-state index in [2.05, 4.69) is 10.3 Å². The van der Waals surface area contributed by atoms with Gasteiger partial charge in [-0.2, -0.15) is 0 Å². The number of ether oxygens (including phenoxy) is 1. The van der Waals surface area contributed by atoms with Crippen LogP contribution in [-0.4, -0.2) is 35.5 Å². The van der Waals surface area contributed by atoms with Crippen LogP contribution in [0, 0.1) is 0 Å². The van der Waals surface area contributed by atoms with Crippen LogP contribution in [0.25, 0.3) is 0 Å². The zero-order chi connectivity index (χ0) is 12.6. The van der Waals surface area contributed by atoms with E-state index < -0.39 is 6.10 Å². The lowest BCUT2D eigenvalue weighted by Gasteiger charge is -2.16. The standard InChI is InChI=1S/C14H22N2O2/c17-13(11-18-14-3-1-2-4-14)10-16-9-12-5-7-15-8-6-12/h5-8,13-14,16-17H,1-4,9-11H2. The molecule has 2 N–H and O–H groups in total. The van der Waals surface area contributed by atoms with Gasteiger partial charge in [-0.05, 0) is 30.5 Å². The Morgan fingerprint density at radius 2 is 2.06 bits per heavy atom. The van der Waals surface area contributed by atoms with Crippen molar-refractivity contribution in [1.29, 1.82) is 0 Å². The minimum Gasteiger partial charge on any atom is -0.389 e. The van der Waals surface area contributed by atoms with Crippen LogP contribution in [-0.2, 0) is 11.3 Å². The van der Waals surface area contributed by atoms with Crippen LogP contribution in [0.4, 0.5) is 0 Å². The fourth-order valence-corrected chi connectivity index (χ4v) is 2.24. The maximum atomic E-state index is 9.79. The fourth-order valence-electron chi connectivity index (χ4n) is 2.24. The summed E-state index contributed by atoms with van der Waals surface area (Å²) in [5.41, 5.74) is 1.17. The van der Waals surface area contributed by atoms with Crippen LogP contribution >= 0.6 is 0 Å². The number of nitrogens with one attached hydrogen (secondary N) is 1. The highest BCUT2D eigenvalue weighted by molar-refractivity contribution is 5.08. The highest BCUT2D eigenvalue weighted by atomic mass is 16.5. The Hall–Kier alpha value is -0.970. The Kier molecular flexibility index (Phi) is 5.58. The van der Waals surface area contributed by atoms with Crippen molar-refractivity contribution >= 4 is 0 Å². The zero-order valence-corrected chi connectivity index (χ0v) is 10.7. The number of pyridine rings is 1. The Morgan fingerprint density at radius 1 is 1.33 bits per heavy atom. The summed E-state index contributed by atoms with van der Waals surface area (Å²) in [6.45, 7) is 1.76. The monoisotopic (exact) mass is 250 g/mol. The van der Waals surface area contributed by atoms with Crippen molar-refractivity contribution in [3.05, 3.63) is 30.1 Å². The van der Waals surface area contributed by atoms with Crippen LogP contribution in [0.2, 0.25) is 0 Å². The molecule has 4 nitrogen and oxygen atoms in total. The average Bonchev–Trinajstić information content (AvgIpc) is 2.91. The summed E-state index contributed by atoms with van der Waals surface area (Å²) in [4.78, 5) is 3.96. The van der Waals surface area contributed by atoms with E-state index >= 15 is 0 Å². The Balaban J connectivity index is 1.55. The molecule has 4 heteroatoms. The summed E-state index contributed by atoms with van der Waals surface area (Å²) >= 11 is 0. The van der Waals surface area contributed by atoms with Crippen LogP contribution in [0.3, 0.4) is 0 Å². The summed E-state index contributed by atoms with van der Waals surface area (Å²) in [7, 11) is 0. The number of aliphatic hydroxyl groups excluding tert-OH is 1. The molecule has 1 fully saturated rings. The van der Waals surface area contributed by atoms with Crippen molar-refractivity contribution < 1.29 is 9.84 Å². The molecule has 1 aliphatic rings. The molecule has 0 saturated heterocycles. The molecule has 18 heavy (non-hydrogen) atoms. The number of aliphatic hydroxyl groups is 1. The Morgan fingerprint density at radius 3 is 2.78 bits per heavy atom. The molecule has 1 heterocycles. The summed E-state index contributed by atoms with van der Waals surface area (Å²) in [6, 6.07) is 3.93. The molecule has 2 rings (SSSR count). The number of hydrogen-bond acceptors (Lipinski definition) is 4. The lowest BCUT2D eigenvalue weighted by Crippen LogP contribution is -2.31. The lowest BCUT2D eigenvalue weighted by atomic mass is 10.2. The molecule has 0 radical (unpaired) electrons. The molecule has 0 spiro atoms. The minimum absolute atomic E-state index is 0.375. The van der Waals surface area contributed by atoms with E-state index in [1.54, 1.807) is 12.4 Å². The van der Waals surface area contributed by atoms with Crippen molar-refractivity contribution in [3.63, 3.8) is 0 Å². The van der Waals surface area contributed by atoms with E-state index in [0.29, 0.717) is 19.3 Å². The maximum Gasteiger partial charge on any atom is 0.0897 e. The van der Waals surface area contributed by atoms with Gasteiger partial charge in [0.05, 0.1) is 18.8 Å². The lowest BCUT2D eigenvalue weighted by molar-refractivity contribution is -0.00549. The van der Waals surface area contributed by atoms with Gasteiger partial charge in [0.25, 0.3) is 0 Å². The van der Waals surface area contributed by atoms with Crippen LogP contribution < -0.4 is 5.32 Å². The van der Waals surface area contributed by atoms with E-state index in [0.717, 1.165) is 19.4 Å². The van der Waals surface area contributed by atoms with Crippen LogP contribution in [0.1, 0.15) is 31.2 Å². The molecule has 0 bridgehead atoms. The second-order valence-electron chi connectivity index (χ2n) is 4.88. The van der Waals surface area contributed by atoms with Crippen molar-refractivity contribution in [2.75, 3.05) is 13.2 Å². The summed E-state index contributed by atoms with van der Waals surface area (Å²) in [6.07, 6.45) is 8.33. The quantitative estimate of drug-likeness (QED) is 0.770. The highest BCUT2D eigenvalue weighted by Crippen LogP contribution is 2.20. The molecule has 1 aromatic heterocycles. The van der Waals surface area contributed by atoms with Gasteiger partial charge in [0.15, 0.2) is 0 Å². The van der Waals surface area contributed by atoms with Gasteiger partial charge < -0.3 is 15.2 Å². The fraction of sp³-hybridized carbons (Fsp3) is 0.643. The second kappa shape index (κ2) is 7.46. The summed E-state index contributed by atoms with van der Waals surface area (Å²) < 4.78 is 5.67. The highest BCUT2D eigenvalue weighted by Gasteiger charge is 2.16. The average molecular weight is 250 g/mol. The van der Waals surface area contributed by atoms with E-state index in [1.165, 1.54) is 18.4 Å². The smallest absolute Gasteiger partial charge is 0.0897 e. The van der Waals surface area contributed by atoms with Crippen LogP contribution in [0.15, 0.2) is 24.5 Å². The third-order valence-electron chi connectivity index (χ3n) is 3.28. The number of hydrogen-bond donors (Lipinski definition) is 2. The molecule has 0 amide bonds. The molecule has 1 saturated carbocycles. The summed E-state index contributed by atoms with van der Waals surface area (Å²) in [5.74, 6) is 0. The Bertz CT molecular complexity index is 326. The molecule has 1 aliphatic carbocycles. The van der Waals surface area contributed by atoms with Gasteiger partial charge in [-0.1, -0.05) is 12.8 Å². The molecule has 0 aliphatic heterocycles. The normalized spacial score (nSPS) is 18.1. The largest absolute Gasteiger partial charge is 0.389 e. The van der Waals surface area contributed by atoms with Gasteiger partial charge in [-0.15, -0.1) is 0 Å². The van der Waals surface area contributed by atoms with Crippen molar-refractivity contribution in [2.24, 2.45) is 0 Å². The van der Waals surface area contributed by atoms with Gasteiger partial charge in [-0.3, -0.25) is 4.98 Å². The third kappa shape index (κ3) is 4.72. The molecule has 100 valence electrons. The van der Waals surface area contributed by atoms with Crippen LogP contribution in [0.5, 0.6) is 0 Å². The van der Waals surface area contributed by atoms with Gasteiger partial charge >= 0.3 is 0 Å². The molecule has 1 aromatic rings. The zero-order valence-electron chi connectivity index (χ0n) is 10.7. The Labute approximate surface area is 108 Å². The number of aromatic nitrogens is 1. The van der Waals surface area contributed by atoms with Gasteiger partial charge in [0.2, 0.25) is 0 Å². The van der Waals surface area contributed by atoms with Gasteiger partial charge in [-0.25, -0.2) is 0 Å².